The lowest BCUT2D eigenvalue weighted by Crippen LogP contribution is -2.39. The van der Waals surface area contributed by atoms with Gasteiger partial charge < -0.3 is 15.3 Å². The maximum Gasteiger partial charge on any atom is 0.256 e. The Morgan fingerprint density at radius 2 is 2.35 bits per heavy atom. The minimum Gasteiger partial charge on any atom is -0.396 e. The summed E-state index contributed by atoms with van der Waals surface area (Å²) in [5.74, 6) is 0.374. The Morgan fingerprint density at radius 3 is 3.13 bits per heavy atom. The molecule has 3 rings (SSSR count). The molecule has 7 heteroatoms. The second-order valence-corrected chi connectivity index (χ2v) is 6.24. The van der Waals surface area contributed by atoms with Crippen molar-refractivity contribution in [3.63, 3.8) is 0 Å². The normalized spacial score (nSPS) is 19.1. The van der Waals surface area contributed by atoms with Crippen LogP contribution in [0.4, 0.5) is 0 Å². The SMILES string of the molecule is CN1CCC[C@H](CNC(=O)c2cnn3cc(CCO)cnc23)C1. The molecule has 0 unspecified atom stereocenters. The number of aromatic nitrogens is 3. The third kappa shape index (κ3) is 3.68. The van der Waals surface area contributed by atoms with E-state index in [2.05, 4.69) is 27.3 Å². The molecule has 2 aromatic heterocycles. The molecular formula is C16H23N5O2. The van der Waals surface area contributed by atoms with E-state index in [1.807, 2.05) is 0 Å². The molecule has 23 heavy (non-hydrogen) atoms. The molecule has 7 nitrogen and oxygen atoms in total. The van der Waals surface area contributed by atoms with Gasteiger partial charge in [0.1, 0.15) is 5.56 Å². The van der Waals surface area contributed by atoms with Crippen molar-refractivity contribution in [2.24, 2.45) is 5.92 Å². The number of aliphatic hydroxyl groups excluding tert-OH is 1. The van der Waals surface area contributed by atoms with Gasteiger partial charge in [-0.05, 0) is 44.3 Å². The maximum absolute atomic E-state index is 12.4. The van der Waals surface area contributed by atoms with Crippen molar-refractivity contribution in [3.8, 4) is 0 Å². The molecule has 0 bridgehead atoms. The molecule has 1 atom stereocenters. The molecule has 2 N–H and O–H groups in total. The number of carbonyl (C=O) groups is 1. The van der Waals surface area contributed by atoms with Crippen molar-refractivity contribution in [2.75, 3.05) is 33.3 Å². The molecule has 1 aliphatic rings. The van der Waals surface area contributed by atoms with Gasteiger partial charge >= 0.3 is 0 Å². The molecule has 2 aromatic rings. The molecule has 1 fully saturated rings. The highest BCUT2D eigenvalue weighted by Crippen LogP contribution is 2.15. The number of piperidine rings is 1. The number of hydrogen-bond acceptors (Lipinski definition) is 5. The summed E-state index contributed by atoms with van der Waals surface area (Å²) in [5, 5.41) is 16.2. The molecule has 3 heterocycles. The van der Waals surface area contributed by atoms with Crippen LogP contribution in [0.15, 0.2) is 18.6 Å². The van der Waals surface area contributed by atoms with E-state index < -0.39 is 0 Å². The van der Waals surface area contributed by atoms with Crippen LogP contribution in [0.5, 0.6) is 0 Å². The average molecular weight is 317 g/mol. The van der Waals surface area contributed by atoms with E-state index in [9.17, 15) is 4.79 Å². The Kier molecular flexibility index (Phi) is 4.88. The van der Waals surface area contributed by atoms with Crippen molar-refractivity contribution < 1.29 is 9.90 Å². The quantitative estimate of drug-likeness (QED) is 0.831. The Hall–Kier alpha value is -1.99. The van der Waals surface area contributed by atoms with Gasteiger partial charge in [-0.2, -0.15) is 5.10 Å². The predicted molar refractivity (Wildman–Crippen MR) is 86.3 cm³/mol. The average Bonchev–Trinajstić information content (AvgIpc) is 2.96. The van der Waals surface area contributed by atoms with E-state index in [0.717, 1.165) is 25.1 Å². The number of likely N-dealkylation sites (tertiary alicyclic amines) is 1. The van der Waals surface area contributed by atoms with Crippen LogP contribution in [0.2, 0.25) is 0 Å². The van der Waals surface area contributed by atoms with E-state index in [-0.39, 0.29) is 12.5 Å². The fourth-order valence-electron chi connectivity index (χ4n) is 3.10. The summed E-state index contributed by atoms with van der Waals surface area (Å²) in [5.41, 5.74) is 1.93. The minimum absolute atomic E-state index is 0.0671. The number of nitrogens with zero attached hydrogens (tertiary/aromatic N) is 4. The molecule has 1 saturated heterocycles. The van der Waals surface area contributed by atoms with Gasteiger partial charge in [0.05, 0.1) is 6.20 Å². The molecule has 1 amide bonds. The van der Waals surface area contributed by atoms with Crippen LogP contribution in [0.25, 0.3) is 5.65 Å². The van der Waals surface area contributed by atoms with Crippen molar-refractivity contribution in [3.05, 3.63) is 29.7 Å². The lowest BCUT2D eigenvalue weighted by Gasteiger charge is -2.29. The number of aliphatic hydroxyl groups is 1. The van der Waals surface area contributed by atoms with Crippen molar-refractivity contribution in [1.82, 2.24) is 24.8 Å². The van der Waals surface area contributed by atoms with Crippen LogP contribution in [0.3, 0.4) is 0 Å². The number of amides is 1. The first-order valence-corrected chi connectivity index (χ1v) is 8.07. The first-order chi connectivity index (χ1) is 11.2. The first-order valence-electron chi connectivity index (χ1n) is 8.07. The third-order valence-electron chi connectivity index (χ3n) is 4.33. The molecular weight excluding hydrogens is 294 g/mol. The fraction of sp³-hybridized carbons (Fsp3) is 0.562. The van der Waals surface area contributed by atoms with E-state index in [1.165, 1.54) is 6.42 Å². The molecule has 0 saturated carbocycles. The molecule has 0 aliphatic carbocycles. The van der Waals surface area contributed by atoms with Gasteiger partial charge in [-0.25, -0.2) is 9.50 Å². The van der Waals surface area contributed by atoms with E-state index in [0.29, 0.717) is 30.1 Å². The summed E-state index contributed by atoms with van der Waals surface area (Å²) in [7, 11) is 2.12. The van der Waals surface area contributed by atoms with Crippen LogP contribution in [-0.4, -0.2) is 63.8 Å². The van der Waals surface area contributed by atoms with Gasteiger partial charge in [0.15, 0.2) is 5.65 Å². The summed E-state index contributed by atoms with van der Waals surface area (Å²) < 4.78 is 1.59. The van der Waals surface area contributed by atoms with Crippen molar-refractivity contribution in [2.45, 2.75) is 19.3 Å². The monoisotopic (exact) mass is 317 g/mol. The lowest BCUT2D eigenvalue weighted by atomic mass is 9.98. The highest BCUT2D eigenvalue weighted by atomic mass is 16.3. The van der Waals surface area contributed by atoms with Gasteiger partial charge in [0, 0.05) is 32.1 Å². The van der Waals surface area contributed by atoms with E-state index >= 15 is 0 Å². The summed E-state index contributed by atoms with van der Waals surface area (Å²) in [6.07, 6.45) is 7.89. The minimum atomic E-state index is -0.129. The number of carbonyl (C=O) groups excluding carboxylic acids is 1. The Labute approximate surface area is 135 Å². The van der Waals surface area contributed by atoms with E-state index in [1.54, 1.807) is 23.1 Å². The van der Waals surface area contributed by atoms with Crippen LogP contribution in [-0.2, 0) is 6.42 Å². The lowest BCUT2D eigenvalue weighted by molar-refractivity contribution is 0.0938. The number of nitrogens with one attached hydrogen (secondary N) is 1. The van der Waals surface area contributed by atoms with Gasteiger partial charge in [-0.15, -0.1) is 0 Å². The van der Waals surface area contributed by atoms with Crippen LogP contribution in [0, 0.1) is 5.92 Å². The summed E-state index contributed by atoms with van der Waals surface area (Å²) in [4.78, 5) is 19.0. The molecule has 0 radical (unpaired) electrons. The second kappa shape index (κ2) is 7.06. The topological polar surface area (TPSA) is 82.8 Å². The Bertz CT molecular complexity index is 684. The van der Waals surface area contributed by atoms with Crippen LogP contribution >= 0.6 is 0 Å². The number of rotatable bonds is 5. The highest BCUT2D eigenvalue weighted by Gasteiger charge is 2.19. The van der Waals surface area contributed by atoms with Crippen molar-refractivity contribution >= 4 is 11.6 Å². The van der Waals surface area contributed by atoms with Gasteiger partial charge in [0.25, 0.3) is 5.91 Å². The zero-order valence-electron chi connectivity index (χ0n) is 13.4. The Balaban J connectivity index is 1.66. The smallest absolute Gasteiger partial charge is 0.256 e. The fourth-order valence-corrected chi connectivity index (χ4v) is 3.10. The van der Waals surface area contributed by atoms with Gasteiger partial charge in [0.2, 0.25) is 0 Å². The maximum atomic E-state index is 12.4. The Morgan fingerprint density at radius 1 is 1.48 bits per heavy atom. The van der Waals surface area contributed by atoms with E-state index in [4.69, 9.17) is 5.11 Å². The summed E-state index contributed by atoms with van der Waals surface area (Å²) in [6.45, 7) is 2.91. The van der Waals surface area contributed by atoms with Gasteiger partial charge in [-0.1, -0.05) is 0 Å². The standard InChI is InChI=1S/C16H23N5O2/c1-20-5-2-3-12(10-20)8-18-16(23)14-9-19-21-11-13(4-6-22)7-17-15(14)21/h7,9,11-12,22H,2-6,8,10H2,1H3,(H,18,23)/t12-/m1/s1. The first kappa shape index (κ1) is 15.9. The number of hydrogen-bond donors (Lipinski definition) is 2. The highest BCUT2D eigenvalue weighted by molar-refractivity contribution is 5.99. The molecule has 0 spiro atoms. The molecule has 0 aromatic carbocycles. The van der Waals surface area contributed by atoms with Crippen LogP contribution in [0.1, 0.15) is 28.8 Å². The molecule has 124 valence electrons. The molecule has 1 aliphatic heterocycles. The second-order valence-electron chi connectivity index (χ2n) is 6.24. The predicted octanol–water partition coefficient (Wildman–Crippen LogP) is 0.336. The largest absolute Gasteiger partial charge is 0.396 e. The summed E-state index contributed by atoms with van der Waals surface area (Å²) >= 11 is 0. The van der Waals surface area contributed by atoms with Crippen molar-refractivity contribution in [1.29, 1.82) is 0 Å². The third-order valence-corrected chi connectivity index (χ3v) is 4.33. The summed E-state index contributed by atoms with van der Waals surface area (Å²) in [6, 6.07) is 0. The zero-order chi connectivity index (χ0) is 16.2. The zero-order valence-corrected chi connectivity index (χ0v) is 13.4. The van der Waals surface area contributed by atoms with Crippen LogP contribution < -0.4 is 5.32 Å². The van der Waals surface area contributed by atoms with Gasteiger partial charge in [-0.3, -0.25) is 4.79 Å². The number of fused-ring (bicyclic) bond motifs is 1.